The summed E-state index contributed by atoms with van der Waals surface area (Å²) in [6.07, 6.45) is 1.18. The topological polar surface area (TPSA) is 29.3 Å². The van der Waals surface area contributed by atoms with Crippen LogP contribution in [0.15, 0.2) is 0 Å². The van der Waals surface area contributed by atoms with Crippen molar-refractivity contribution in [1.29, 1.82) is 0 Å². The van der Waals surface area contributed by atoms with Crippen LogP contribution in [0.25, 0.3) is 0 Å². The number of nitrogens with zero attached hydrogens (tertiary/aromatic N) is 1. The van der Waals surface area contributed by atoms with Crippen molar-refractivity contribution in [2.45, 2.75) is 44.5 Å². The van der Waals surface area contributed by atoms with Gasteiger partial charge in [0.25, 0.3) is 0 Å². The second-order valence-corrected chi connectivity index (χ2v) is 5.34. The average molecular weight is 202 g/mol. The van der Waals surface area contributed by atoms with E-state index in [1.807, 2.05) is 0 Å². The summed E-state index contributed by atoms with van der Waals surface area (Å²) < 4.78 is 0. The van der Waals surface area contributed by atoms with Gasteiger partial charge >= 0.3 is 0 Å². The Morgan fingerprint density at radius 2 is 2.23 bits per heavy atom. The Bertz CT molecular complexity index is 146. The maximum absolute atomic E-state index is 5.77. The van der Waals surface area contributed by atoms with Gasteiger partial charge in [-0.3, -0.25) is 4.90 Å². The van der Waals surface area contributed by atoms with Crippen molar-refractivity contribution in [3.63, 3.8) is 0 Å². The summed E-state index contributed by atoms with van der Waals surface area (Å²) in [6.45, 7) is 8.90. The van der Waals surface area contributed by atoms with E-state index in [9.17, 15) is 0 Å². The van der Waals surface area contributed by atoms with Crippen molar-refractivity contribution in [3.8, 4) is 0 Å². The Labute approximate surface area is 86.2 Å². The summed E-state index contributed by atoms with van der Waals surface area (Å²) in [5.74, 6) is 1.27. The summed E-state index contributed by atoms with van der Waals surface area (Å²) >= 11 is 2.09. The molecular weight excluding hydrogens is 180 g/mol. The molecule has 78 valence electrons. The van der Waals surface area contributed by atoms with Crippen molar-refractivity contribution in [1.82, 2.24) is 4.90 Å². The van der Waals surface area contributed by atoms with Crippen LogP contribution in [0.4, 0.5) is 0 Å². The van der Waals surface area contributed by atoms with Crippen molar-refractivity contribution < 1.29 is 0 Å². The number of hydrogen-bond acceptors (Lipinski definition) is 3. The highest BCUT2D eigenvalue weighted by Crippen LogP contribution is 2.26. The minimum Gasteiger partial charge on any atom is -0.329 e. The summed E-state index contributed by atoms with van der Waals surface area (Å²) in [5.41, 5.74) is 5.77. The highest BCUT2D eigenvalue weighted by Gasteiger charge is 2.28. The first-order valence-corrected chi connectivity index (χ1v) is 6.33. The Morgan fingerprint density at radius 1 is 1.54 bits per heavy atom. The van der Waals surface area contributed by atoms with Crippen molar-refractivity contribution >= 4 is 11.8 Å². The molecule has 0 amide bonds. The van der Waals surface area contributed by atoms with Gasteiger partial charge in [-0.25, -0.2) is 0 Å². The fraction of sp³-hybridized carbons (Fsp3) is 1.00. The molecule has 0 saturated carbocycles. The zero-order valence-electron chi connectivity index (χ0n) is 8.99. The second-order valence-electron chi connectivity index (χ2n) is 3.85. The van der Waals surface area contributed by atoms with Gasteiger partial charge in [-0.2, -0.15) is 11.8 Å². The minimum absolute atomic E-state index is 0.596. The molecule has 0 aromatic carbocycles. The van der Waals surface area contributed by atoms with E-state index in [0.717, 1.165) is 11.8 Å². The van der Waals surface area contributed by atoms with Crippen LogP contribution in [0.5, 0.6) is 0 Å². The van der Waals surface area contributed by atoms with E-state index in [1.165, 1.54) is 18.7 Å². The SMILES string of the molecule is CCC(CN)N1CCSC(C)C1C. The van der Waals surface area contributed by atoms with Crippen LogP contribution in [-0.2, 0) is 0 Å². The summed E-state index contributed by atoms with van der Waals surface area (Å²) in [4.78, 5) is 2.58. The predicted molar refractivity (Wildman–Crippen MR) is 61.2 cm³/mol. The van der Waals surface area contributed by atoms with E-state index in [2.05, 4.69) is 37.4 Å². The van der Waals surface area contributed by atoms with Crippen LogP contribution < -0.4 is 5.73 Å². The summed E-state index contributed by atoms with van der Waals surface area (Å²) in [5, 5.41) is 0.759. The van der Waals surface area contributed by atoms with Crippen LogP contribution in [0.1, 0.15) is 27.2 Å². The van der Waals surface area contributed by atoms with Gasteiger partial charge in [0, 0.05) is 36.2 Å². The molecule has 1 aliphatic heterocycles. The smallest absolute Gasteiger partial charge is 0.0219 e. The van der Waals surface area contributed by atoms with Gasteiger partial charge in [0.05, 0.1) is 0 Å². The van der Waals surface area contributed by atoms with Crippen LogP contribution in [0.3, 0.4) is 0 Å². The normalized spacial score (nSPS) is 33.2. The molecule has 1 saturated heterocycles. The van der Waals surface area contributed by atoms with E-state index in [1.54, 1.807) is 0 Å². The first kappa shape index (κ1) is 11.3. The second kappa shape index (κ2) is 5.23. The molecule has 2 nitrogen and oxygen atoms in total. The van der Waals surface area contributed by atoms with E-state index >= 15 is 0 Å². The fourth-order valence-corrected chi connectivity index (χ4v) is 3.13. The van der Waals surface area contributed by atoms with Gasteiger partial charge in [0.2, 0.25) is 0 Å². The van der Waals surface area contributed by atoms with Crippen LogP contribution >= 0.6 is 11.8 Å². The Morgan fingerprint density at radius 3 is 2.77 bits per heavy atom. The maximum Gasteiger partial charge on any atom is 0.0219 e. The summed E-state index contributed by atoms with van der Waals surface area (Å²) in [7, 11) is 0. The standard InChI is InChI=1S/C10H22N2S/c1-4-10(7-11)12-5-6-13-9(3)8(12)2/h8-10H,4-7,11H2,1-3H3. The molecule has 2 N–H and O–H groups in total. The lowest BCUT2D eigenvalue weighted by Gasteiger charge is -2.42. The molecule has 0 aliphatic carbocycles. The Hall–Kier alpha value is 0.270. The number of rotatable bonds is 3. The van der Waals surface area contributed by atoms with Gasteiger partial charge in [0.15, 0.2) is 0 Å². The third-order valence-electron chi connectivity index (χ3n) is 3.15. The number of thioether (sulfide) groups is 1. The number of nitrogens with two attached hydrogens (primary N) is 1. The lowest BCUT2D eigenvalue weighted by Crippen LogP contribution is -2.52. The lowest BCUT2D eigenvalue weighted by atomic mass is 10.1. The zero-order chi connectivity index (χ0) is 9.84. The molecule has 0 radical (unpaired) electrons. The molecule has 3 atom stereocenters. The van der Waals surface area contributed by atoms with E-state index in [4.69, 9.17) is 5.73 Å². The Kier molecular flexibility index (Phi) is 4.56. The molecule has 1 aliphatic rings. The highest BCUT2D eigenvalue weighted by molar-refractivity contribution is 8.00. The van der Waals surface area contributed by atoms with Gasteiger partial charge < -0.3 is 5.73 Å². The minimum atomic E-state index is 0.596. The monoisotopic (exact) mass is 202 g/mol. The van der Waals surface area contributed by atoms with E-state index < -0.39 is 0 Å². The maximum atomic E-state index is 5.77. The third-order valence-corrected chi connectivity index (χ3v) is 4.48. The first-order chi connectivity index (χ1) is 6.20. The quantitative estimate of drug-likeness (QED) is 0.753. The molecule has 13 heavy (non-hydrogen) atoms. The molecule has 1 rings (SSSR count). The first-order valence-electron chi connectivity index (χ1n) is 5.28. The molecule has 0 bridgehead atoms. The molecule has 3 unspecified atom stereocenters. The largest absolute Gasteiger partial charge is 0.329 e. The van der Waals surface area contributed by atoms with Crippen LogP contribution in [0.2, 0.25) is 0 Å². The Balaban J connectivity index is 2.55. The highest BCUT2D eigenvalue weighted by atomic mass is 32.2. The van der Waals surface area contributed by atoms with Gasteiger partial charge in [-0.05, 0) is 13.3 Å². The van der Waals surface area contributed by atoms with Crippen molar-refractivity contribution in [2.24, 2.45) is 5.73 Å². The lowest BCUT2D eigenvalue weighted by molar-refractivity contribution is 0.146. The fourth-order valence-electron chi connectivity index (χ4n) is 2.01. The van der Waals surface area contributed by atoms with Crippen molar-refractivity contribution in [2.75, 3.05) is 18.8 Å². The number of hydrogen-bond donors (Lipinski definition) is 1. The molecule has 0 spiro atoms. The van der Waals surface area contributed by atoms with Gasteiger partial charge in [-0.1, -0.05) is 13.8 Å². The van der Waals surface area contributed by atoms with E-state index in [0.29, 0.717) is 12.1 Å². The van der Waals surface area contributed by atoms with Gasteiger partial charge in [-0.15, -0.1) is 0 Å². The van der Waals surface area contributed by atoms with Gasteiger partial charge in [0.1, 0.15) is 0 Å². The average Bonchev–Trinajstić information content (AvgIpc) is 2.14. The summed E-state index contributed by atoms with van der Waals surface area (Å²) in [6, 6.07) is 1.28. The van der Waals surface area contributed by atoms with E-state index in [-0.39, 0.29) is 0 Å². The van der Waals surface area contributed by atoms with Crippen LogP contribution in [0, 0.1) is 0 Å². The molecule has 0 aromatic heterocycles. The molecular formula is C10H22N2S. The molecule has 1 fully saturated rings. The predicted octanol–water partition coefficient (Wildman–Crippen LogP) is 1.55. The van der Waals surface area contributed by atoms with Crippen LogP contribution in [-0.4, -0.2) is 41.1 Å². The third kappa shape index (κ3) is 2.61. The molecule has 0 aromatic rings. The zero-order valence-corrected chi connectivity index (χ0v) is 9.81. The molecule has 3 heteroatoms. The molecule has 1 heterocycles. The van der Waals surface area contributed by atoms with Crippen molar-refractivity contribution in [3.05, 3.63) is 0 Å².